The molecule has 0 saturated carbocycles. The highest BCUT2D eigenvalue weighted by Crippen LogP contribution is 2.36. The number of benzene rings is 3. The number of likely N-dealkylation sites (tertiary alicyclic amines) is 1. The Balaban J connectivity index is 1.31. The highest BCUT2D eigenvalue weighted by atomic mass is 32.1. The molecule has 1 N–H and O–H groups in total. The van der Waals surface area contributed by atoms with E-state index in [0.717, 1.165) is 29.9 Å². The summed E-state index contributed by atoms with van der Waals surface area (Å²) in [5, 5.41) is 4.03. The molecule has 1 fully saturated rings. The van der Waals surface area contributed by atoms with Crippen LogP contribution in [0.4, 0.5) is 5.69 Å². The van der Waals surface area contributed by atoms with Crippen molar-refractivity contribution in [2.75, 3.05) is 18.4 Å². The zero-order valence-electron chi connectivity index (χ0n) is 17.5. The number of carbonyl (C=O) groups excluding carboxylic acids is 2. The average molecular weight is 442 g/mol. The van der Waals surface area contributed by atoms with Gasteiger partial charge in [-0.25, -0.2) is 4.98 Å². The number of carbonyl (C=O) groups is 2. The van der Waals surface area contributed by atoms with Crippen molar-refractivity contribution in [1.29, 1.82) is 0 Å². The number of ketones is 1. The first kappa shape index (κ1) is 20.5. The lowest BCUT2D eigenvalue weighted by atomic mass is 10.0. The van der Waals surface area contributed by atoms with Crippen LogP contribution < -0.4 is 5.32 Å². The summed E-state index contributed by atoms with van der Waals surface area (Å²) in [7, 11) is 0. The van der Waals surface area contributed by atoms with Gasteiger partial charge in [0.25, 0.3) is 0 Å². The largest absolute Gasteiger partial charge is 0.324 e. The van der Waals surface area contributed by atoms with Gasteiger partial charge in [0.05, 0.1) is 28.5 Å². The minimum absolute atomic E-state index is 0.102. The number of rotatable bonds is 6. The molecule has 0 aliphatic carbocycles. The second kappa shape index (κ2) is 9.02. The molecule has 0 spiro atoms. The molecule has 0 bridgehead atoms. The lowest BCUT2D eigenvalue weighted by Gasteiger charge is -2.22. The molecule has 1 aliphatic heterocycles. The highest BCUT2D eigenvalue weighted by molar-refractivity contribution is 7.18. The van der Waals surface area contributed by atoms with Crippen LogP contribution in [0.5, 0.6) is 0 Å². The van der Waals surface area contributed by atoms with Crippen LogP contribution in [0.15, 0.2) is 78.9 Å². The third-order valence-corrected chi connectivity index (χ3v) is 6.93. The van der Waals surface area contributed by atoms with Crippen LogP contribution in [0.25, 0.3) is 10.2 Å². The van der Waals surface area contributed by atoms with Crippen LogP contribution in [0, 0.1) is 0 Å². The minimum atomic E-state index is -0.119. The molecule has 160 valence electrons. The fourth-order valence-electron chi connectivity index (χ4n) is 4.24. The molecule has 3 aromatic carbocycles. The molecule has 1 aliphatic rings. The summed E-state index contributed by atoms with van der Waals surface area (Å²) >= 11 is 1.70. The van der Waals surface area contributed by atoms with E-state index in [1.807, 2.05) is 48.5 Å². The van der Waals surface area contributed by atoms with Gasteiger partial charge in [0, 0.05) is 11.1 Å². The van der Waals surface area contributed by atoms with E-state index in [-0.39, 0.29) is 24.3 Å². The zero-order chi connectivity index (χ0) is 21.9. The van der Waals surface area contributed by atoms with Gasteiger partial charge in [-0.2, -0.15) is 0 Å². The summed E-state index contributed by atoms with van der Waals surface area (Å²) in [5.74, 6) is -0.221. The summed E-state index contributed by atoms with van der Waals surface area (Å²) in [5.41, 5.74) is 2.65. The molecule has 1 atom stereocenters. The van der Waals surface area contributed by atoms with Gasteiger partial charge in [-0.3, -0.25) is 14.5 Å². The lowest BCUT2D eigenvalue weighted by Crippen LogP contribution is -2.33. The van der Waals surface area contributed by atoms with Crippen molar-refractivity contribution < 1.29 is 9.59 Å². The van der Waals surface area contributed by atoms with E-state index in [2.05, 4.69) is 16.3 Å². The number of amides is 1. The molecule has 4 aromatic rings. The molecule has 0 radical (unpaired) electrons. The number of nitrogens with one attached hydrogen (secondary N) is 1. The van der Waals surface area contributed by atoms with E-state index in [1.165, 1.54) is 4.70 Å². The van der Waals surface area contributed by atoms with Crippen LogP contribution in [0.2, 0.25) is 0 Å². The molecule has 32 heavy (non-hydrogen) atoms. The van der Waals surface area contributed by atoms with Crippen molar-refractivity contribution in [3.63, 3.8) is 0 Å². The van der Waals surface area contributed by atoms with Crippen molar-refractivity contribution in [2.45, 2.75) is 18.9 Å². The monoisotopic (exact) mass is 441 g/mol. The molecule has 1 saturated heterocycles. The Labute approximate surface area is 190 Å². The van der Waals surface area contributed by atoms with Crippen LogP contribution >= 0.6 is 11.3 Å². The first-order valence-corrected chi connectivity index (χ1v) is 11.6. The van der Waals surface area contributed by atoms with Crippen molar-refractivity contribution in [2.24, 2.45) is 0 Å². The van der Waals surface area contributed by atoms with Gasteiger partial charge in [-0.05, 0) is 43.7 Å². The van der Waals surface area contributed by atoms with Crippen molar-refractivity contribution in [3.05, 3.63) is 95.0 Å². The Morgan fingerprint density at radius 3 is 2.56 bits per heavy atom. The second-order valence-corrected chi connectivity index (χ2v) is 9.00. The minimum Gasteiger partial charge on any atom is -0.324 e. The Kier molecular flexibility index (Phi) is 5.79. The quantitative estimate of drug-likeness (QED) is 0.412. The van der Waals surface area contributed by atoms with Gasteiger partial charge < -0.3 is 5.32 Å². The molecule has 1 amide bonds. The Hall–Kier alpha value is -3.35. The fraction of sp³-hybridized carbons (Fsp3) is 0.192. The van der Waals surface area contributed by atoms with Crippen LogP contribution in [-0.2, 0) is 4.79 Å². The number of fused-ring (bicyclic) bond motifs is 1. The maximum absolute atomic E-state index is 12.9. The number of hydrogen-bond acceptors (Lipinski definition) is 5. The normalized spacial score (nSPS) is 16.3. The molecule has 5 nitrogen and oxygen atoms in total. The standard InChI is InChI=1S/C26H23N3O2S/c30-24(27-20-12-5-4-11-19(20)25(31)18-9-2-1-3-10-18)17-29-16-8-14-22(29)26-28-21-13-6-7-15-23(21)32-26/h1-7,9-13,15,22H,8,14,16-17H2,(H,27,30)/t22-/m1/s1. The van der Waals surface area contributed by atoms with Gasteiger partial charge in [0.1, 0.15) is 5.01 Å². The van der Waals surface area contributed by atoms with Gasteiger partial charge in [0.2, 0.25) is 5.91 Å². The average Bonchev–Trinajstić information content (AvgIpc) is 3.46. The maximum Gasteiger partial charge on any atom is 0.238 e. The predicted octanol–water partition coefficient (Wildman–Crippen LogP) is 5.30. The summed E-state index contributed by atoms with van der Waals surface area (Å²) < 4.78 is 1.17. The van der Waals surface area contributed by atoms with Gasteiger partial charge >= 0.3 is 0 Å². The van der Waals surface area contributed by atoms with Gasteiger partial charge in [-0.1, -0.05) is 54.6 Å². The Morgan fingerprint density at radius 2 is 1.72 bits per heavy atom. The first-order valence-electron chi connectivity index (χ1n) is 10.8. The SMILES string of the molecule is O=C(CN1CCC[C@@H]1c1nc2ccccc2s1)Nc1ccccc1C(=O)c1ccccc1. The van der Waals surface area contributed by atoms with E-state index in [0.29, 0.717) is 16.8 Å². The fourth-order valence-corrected chi connectivity index (χ4v) is 5.37. The summed E-state index contributed by atoms with van der Waals surface area (Å²) in [6, 6.07) is 24.6. The van der Waals surface area contributed by atoms with Crippen molar-refractivity contribution >= 4 is 38.9 Å². The number of anilines is 1. The number of hydrogen-bond donors (Lipinski definition) is 1. The third-order valence-electron chi connectivity index (χ3n) is 5.79. The van der Waals surface area contributed by atoms with E-state index in [9.17, 15) is 9.59 Å². The van der Waals surface area contributed by atoms with Gasteiger partial charge in [-0.15, -0.1) is 11.3 Å². The van der Waals surface area contributed by atoms with E-state index >= 15 is 0 Å². The zero-order valence-corrected chi connectivity index (χ0v) is 18.3. The van der Waals surface area contributed by atoms with E-state index < -0.39 is 0 Å². The summed E-state index contributed by atoms with van der Waals surface area (Å²) in [6.07, 6.45) is 2.03. The number of nitrogens with zero attached hydrogens (tertiary/aromatic N) is 2. The van der Waals surface area contributed by atoms with Crippen LogP contribution in [-0.4, -0.2) is 34.7 Å². The highest BCUT2D eigenvalue weighted by Gasteiger charge is 2.30. The Bertz CT molecular complexity index is 1240. The second-order valence-electron chi connectivity index (χ2n) is 7.94. The van der Waals surface area contributed by atoms with Crippen LogP contribution in [0.3, 0.4) is 0 Å². The third kappa shape index (κ3) is 4.20. The molecule has 0 unspecified atom stereocenters. The molecule has 2 heterocycles. The molecule has 5 rings (SSSR count). The predicted molar refractivity (Wildman–Crippen MR) is 128 cm³/mol. The van der Waals surface area contributed by atoms with E-state index in [4.69, 9.17) is 4.98 Å². The summed E-state index contributed by atoms with van der Waals surface area (Å²) in [6.45, 7) is 1.13. The molecular weight excluding hydrogens is 418 g/mol. The number of para-hydroxylation sites is 2. The number of thiazole rings is 1. The Morgan fingerprint density at radius 1 is 0.969 bits per heavy atom. The number of aromatic nitrogens is 1. The summed E-state index contributed by atoms with van der Waals surface area (Å²) in [4.78, 5) is 32.9. The van der Waals surface area contributed by atoms with Crippen LogP contribution in [0.1, 0.15) is 39.8 Å². The smallest absolute Gasteiger partial charge is 0.238 e. The lowest BCUT2D eigenvalue weighted by molar-refractivity contribution is -0.117. The van der Waals surface area contributed by atoms with Crippen molar-refractivity contribution in [3.8, 4) is 0 Å². The van der Waals surface area contributed by atoms with Gasteiger partial charge in [0.15, 0.2) is 5.78 Å². The van der Waals surface area contributed by atoms with E-state index in [1.54, 1.807) is 35.6 Å². The topological polar surface area (TPSA) is 62.3 Å². The molecular formula is C26H23N3O2S. The molecule has 1 aromatic heterocycles. The maximum atomic E-state index is 12.9. The first-order chi connectivity index (χ1) is 15.7. The molecule has 6 heteroatoms. The van der Waals surface area contributed by atoms with Crippen molar-refractivity contribution in [1.82, 2.24) is 9.88 Å².